The fourth-order valence-electron chi connectivity index (χ4n) is 1.77. The van der Waals surface area contributed by atoms with Crippen molar-refractivity contribution in [2.45, 2.75) is 26.2 Å². The molecule has 0 saturated carbocycles. The van der Waals surface area contributed by atoms with E-state index in [-0.39, 0.29) is 17.0 Å². The number of nitriles is 1. The molecule has 102 valence electrons. The van der Waals surface area contributed by atoms with E-state index in [2.05, 4.69) is 25.8 Å². The number of hydrogen-bond donors (Lipinski definition) is 1. The number of nitrogens with two attached hydrogens (primary N) is 1. The van der Waals surface area contributed by atoms with Crippen molar-refractivity contribution in [1.82, 2.24) is 4.98 Å². The van der Waals surface area contributed by atoms with Gasteiger partial charge in [-0.1, -0.05) is 32.9 Å². The summed E-state index contributed by atoms with van der Waals surface area (Å²) in [5.74, 6) is 0.903. The van der Waals surface area contributed by atoms with Gasteiger partial charge in [-0.15, -0.1) is 0 Å². The van der Waals surface area contributed by atoms with Crippen molar-refractivity contribution in [1.29, 1.82) is 5.26 Å². The minimum Gasteiger partial charge on any atom is -0.437 e. The molecule has 0 aliphatic heterocycles. The third-order valence-electron chi connectivity index (χ3n) is 3.01. The number of hydrogen-bond acceptors (Lipinski definition) is 4. The van der Waals surface area contributed by atoms with Gasteiger partial charge in [-0.3, -0.25) is 0 Å². The second-order valence-electron chi connectivity index (χ2n) is 5.57. The molecule has 0 unspecified atom stereocenters. The summed E-state index contributed by atoms with van der Waals surface area (Å²) in [4.78, 5) is 4.06. The monoisotopic (exact) mass is 267 g/mol. The van der Waals surface area contributed by atoms with Gasteiger partial charge in [-0.25, -0.2) is 4.98 Å². The lowest BCUT2D eigenvalue weighted by Gasteiger charge is -2.19. The molecule has 0 aliphatic rings. The largest absolute Gasteiger partial charge is 0.437 e. The summed E-state index contributed by atoms with van der Waals surface area (Å²) < 4.78 is 5.63. The van der Waals surface area contributed by atoms with Crippen LogP contribution in [0, 0.1) is 11.3 Å². The molecule has 2 aromatic rings. The molecular formula is C16H17N3O. The Morgan fingerprint density at radius 1 is 1.15 bits per heavy atom. The SMILES string of the molecule is CC(C)(C)c1ccc(Oc2nccc(C#N)c2N)cc1. The highest BCUT2D eigenvalue weighted by Gasteiger charge is 2.14. The molecule has 1 aromatic heterocycles. The Labute approximate surface area is 118 Å². The lowest BCUT2D eigenvalue weighted by atomic mass is 9.87. The Balaban J connectivity index is 2.26. The van der Waals surface area contributed by atoms with Gasteiger partial charge in [0.1, 0.15) is 17.5 Å². The fourth-order valence-corrected chi connectivity index (χ4v) is 1.77. The quantitative estimate of drug-likeness (QED) is 0.901. The number of nitrogens with zero attached hydrogens (tertiary/aromatic N) is 2. The highest BCUT2D eigenvalue weighted by atomic mass is 16.5. The van der Waals surface area contributed by atoms with Crippen LogP contribution in [-0.2, 0) is 5.41 Å². The third kappa shape index (κ3) is 2.89. The van der Waals surface area contributed by atoms with Crippen LogP contribution in [0.1, 0.15) is 31.9 Å². The Morgan fingerprint density at radius 2 is 1.80 bits per heavy atom. The molecule has 2 rings (SSSR count). The molecule has 0 atom stereocenters. The number of benzene rings is 1. The van der Waals surface area contributed by atoms with Crippen LogP contribution in [0.3, 0.4) is 0 Å². The van der Waals surface area contributed by atoms with Crippen molar-refractivity contribution in [3.8, 4) is 17.7 Å². The molecule has 0 spiro atoms. The first-order chi connectivity index (χ1) is 9.41. The minimum atomic E-state index is 0.0938. The molecule has 20 heavy (non-hydrogen) atoms. The molecule has 2 N–H and O–H groups in total. The van der Waals surface area contributed by atoms with Crippen molar-refractivity contribution in [3.05, 3.63) is 47.7 Å². The predicted octanol–water partition coefficient (Wildman–Crippen LogP) is 3.63. The summed E-state index contributed by atoms with van der Waals surface area (Å²) >= 11 is 0. The number of anilines is 1. The molecular weight excluding hydrogens is 250 g/mol. The van der Waals surface area contributed by atoms with Gasteiger partial charge in [0.2, 0.25) is 5.88 Å². The zero-order chi connectivity index (χ0) is 14.8. The average Bonchev–Trinajstić information content (AvgIpc) is 2.41. The van der Waals surface area contributed by atoms with E-state index in [4.69, 9.17) is 15.7 Å². The van der Waals surface area contributed by atoms with Crippen LogP contribution < -0.4 is 10.5 Å². The molecule has 0 bridgehead atoms. The number of ether oxygens (including phenoxy) is 1. The van der Waals surface area contributed by atoms with Gasteiger partial charge < -0.3 is 10.5 Å². The normalized spacial score (nSPS) is 10.9. The smallest absolute Gasteiger partial charge is 0.244 e. The van der Waals surface area contributed by atoms with E-state index in [0.29, 0.717) is 11.3 Å². The Bertz CT molecular complexity index is 649. The first-order valence-electron chi connectivity index (χ1n) is 6.35. The van der Waals surface area contributed by atoms with E-state index in [9.17, 15) is 0 Å². The molecule has 0 fully saturated rings. The van der Waals surface area contributed by atoms with Gasteiger partial charge in [0.15, 0.2) is 0 Å². The maximum absolute atomic E-state index is 8.92. The Kier molecular flexibility index (Phi) is 3.62. The van der Waals surface area contributed by atoms with Crippen LogP contribution in [0.15, 0.2) is 36.5 Å². The van der Waals surface area contributed by atoms with Crippen LogP contribution in [0.25, 0.3) is 0 Å². The third-order valence-corrected chi connectivity index (χ3v) is 3.01. The van der Waals surface area contributed by atoms with E-state index >= 15 is 0 Å². The van der Waals surface area contributed by atoms with Gasteiger partial charge >= 0.3 is 0 Å². The maximum atomic E-state index is 8.92. The van der Waals surface area contributed by atoms with Crippen molar-refractivity contribution in [3.63, 3.8) is 0 Å². The average molecular weight is 267 g/mol. The summed E-state index contributed by atoms with van der Waals surface area (Å²) in [5.41, 5.74) is 7.77. The predicted molar refractivity (Wildman–Crippen MR) is 78.6 cm³/mol. The van der Waals surface area contributed by atoms with E-state index in [1.165, 1.54) is 11.8 Å². The lowest BCUT2D eigenvalue weighted by Crippen LogP contribution is -2.10. The highest BCUT2D eigenvalue weighted by Crippen LogP contribution is 2.29. The van der Waals surface area contributed by atoms with Gasteiger partial charge in [-0.2, -0.15) is 5.26 Å². The van der Waals surface area contributed by atoms with Crippen molar-refractivity contribution in [2.24, 2.45) is 0 Å². The zero-order valence-corrected chi connectivity index (χ0v) is 11.8. The van der Waals surface area contributed by atoms with Crippen molar-refractivity contribution < 1.29 is 4.74 Å². The van der Waals surface area contributed by atoms with Gasteiger partial charge in [-0.05, 0) is 29.2 Å². The van der Waals surface area contributed by atoms with Gasteiger partial charge in [0.25, 0.3) is 0 Å². The van der Waals surface area contributed by atoms with Crippen LogP contribution in [-0.4, -0.2) is 4.98 Å². The molecule has 0 aliphatic carbocycles. The topological polar surface area (TPSA) is 71.9 Å². The minimum absolute atomic E-state index is 0.0938. The van der Waals surface area contributed by atoms with Crippen LogP contribution in [0.4, 0.5) is 5.69 Å². The molecule has 0 amide bonds. The van der Waals surface area contributed by atoms with Crippen molar-refractivity contribution >= 4 is 5.69 Å². The summed E-state index contributed by atoms with van der Waals surface area (Å²) in [6.07, 6.45) is 1.51. The van der Waals surface area contributed by atoms with E-state index < -0.39 is 0 Å². The lowest BCUT2D eigenvalue weighted by molar-refractivity contribution is 0.464. The van der Waals surface area contributed by atoms with Crippen LogP contribution in [0.2, 0.25) is 0 Å². The molecule has 4 nitrogen and oxygen atoms in total. The summed E-state index contributed by atoms with van der Waals surface area (Å²) in [5, 5.41) is 8.92. The number of nitrogen functional groups attached to an aromatic ring is 1. The first kappa shape index (κ1) is 13.9. The molecule has 1 heterocycles. The van der Waals surface area contributed by atoms with Gasteiger partial charge in [0, 0.05) is 6.20 Å². The van der Waals surface area contributed by atoms with E-state index in [0.717, 1.165) is 0 Å². The maximum Gasteiger partial charge on any atom is 0.244 e. The molecule has 4 heteroatoms. The fraction of sp³-hybridized carbons (Fsp3) is 0.250. The standard InChI is InChI=1S/C16H17N3O/c1-16(2,3)12-4-6-13(7-5-12)20-15-14(18)11(10-17)8-9-19-15/h4-9H,18H2,1-3H3. The summed E-state index contributed by atoms with van der Waals surface area (Å²) in [7, 11) is 0. The Hall–Kier alpha value is -2.54. The second-order valence-corrected chi connectivity index (χ2v) is 5.57. The first-order valence-corrected chi connectivity index (χ1v) is 6.35. The summed E-state index contributed by atoms with van der Waals surface area (Å²) in [6, 6.07) is 11.3. The second kappa shape index (κ2) is 5.22. The van der Waals surface area contributed by atoms with Crippen molar-refractivity contribution in [2.75, 3.05) is 5.73 Å². The number of pyridine rings is 1. The van der Waals surface area contributed by atoms with Gasteiger partial charge in [0.05, 0.1) is 5.56 Å². The van der Waals surface area contributed by atoms with E-state index in [1.54, 1.807) is 6.07 Å². The number of aromatic nitrogens is 1. The molecule has 0 radical (unpaired) electrons. The molecule has 1 aromatic carbocycles. The van der Waals surface area contributed by atoms with Crippen LogP contribution >= 0.6 is 0 Å². The number of rotatable bonds is 2. The highest BCUT2D eigenvalue weighted by molar-refractivity contribution is 5.60. The zero-order valence-electron chi connectivity index (χ0n) is 11.8. The summed E-state index contributed by atoms with van der Waals surface area (Å²) in [6.45, 7) is 6.45. The van der Waals surface area contributed by atoms with Crippen LogP contribution in [0.5, 0.6) is 11.6 Å². The van der Waals surface area contributed by atoms with E-state index in [1.807, 2.05) is 30.3 Å². The Morgan fingerprint density at radius 3 is 2.35 bits per heavy atom. The molecule has 0 saturated heterocycles.